The minimum atomic E-state index is -1.13. The molecule has 5 N–H and O–H groups in total. The van der Waals surface area contributed by atoms with E-state index in [0.29, 0.717) is 5.69 Å². The molecular formula is C8H9N5O4. The van der Waals surface area contributed by atoms with Crippen molar-refractivity contribution in [1.29, 1.82) is 0 Å². The van der Waals surface area contributed by atoms with Crippen LogP contribution in [0.5, 0.6) is 0 Å². The second-order valence-corrected chi connectivity index (χ2v) is 2.83. The molecule has 1 amide bonds. The van der Waals surface area contributed by atoms with Crippen LogP contribution in [0.25, 0.3) is 0 Å². The first-order chi connectivity index (χ1) is 7.99. The van der Waals surface area contributed by atoms with E-state index in [4.69, 9.17) is 11.5 Å². The molecule has 0 spiro atoms. The average Bonchev–Trinajstić information content (AvgIpc) is 2.26. The Kier molecular flexibility index (Phi) is 3.81. The maximum Gasteiger partial charge on any atom is 0.316 e. The van der Waals surface area contributed by atoms with E-state index >= 15 is 0 Å². The number of carbonyl (C=O) groups is 1. The van der Waals surface area contributed by atoms with Gasteiger partial charge in [0.05, 0.1) is 5.69 Å². The highest BCUT2D eigenvalue weighted by molar-refractivity contribution is 5.93. The average molecular weight is 239 g/mol. The summed E-state index contributed by atoms with van der Waals surface area (Å²) in [5.74, 6) is -0.864. The third kappa shape index (κ3) is 4.03. The Bertz CT molecular complexity index is 451. The van der Waals surface area contributed by atoms with Crippen molar-refractivity contribution >= 4 is 17.6 Å². The second-order valence-electron chi connectivity index (χ2n) is 2.83. The zero-order valence-electron chi connectivity index (χ0n) is 8.49. The van der Waals surface area contributed by atoms with Gasteiger partial charge in [-0.25, -0.2) is 4.99 Å². The van der Waals surface area contributed by atoms with Crippen LogP contribution in [0.15, 0.2) is 29.3 Å². The van der Waals surface area contributed by atoms with Crippen molar-refractivity contribution in [3.05, 3.63) is 39.9 Å². The highest BCUT2D eigenvalue weighted by Gasteiger charge is 2.06. The first kappa shape index (κ1) is 12.2. The van der Waals surface area contributed by atoms with Crippen LogP contribution in [0, 0.1) is 10.1 Å². The number of guanidine groups is 1. The van der Waals surface area contributed by atoms with Crippen molar-refractivity contribution < 1.29 is 14.8 Å². The summed E-state index contributed by atoms with van der Waals surface area (Å²) in [6.45, 7) is 0. The van der Waals surface area contributed by atoms with E-state index in [1.54, 1.807) is 5.48 Å². The Morgan fingerprint density at radius 1 is 1.35 bits per heavy atom. The molecule has 1 rings (SSSR count). The van der Waals surface area contributed by atoms with Gasteiger partial charge >= 0.3 is 5.09 Å². The van der Waals surface area contributed by atoms with Crippen LogP contribution < -0.4 is 16.9 Å². The number of aliphatic imine (C=N–C) groups is 1. The molecule has 0 bridgehead atoms. The molecule has 1 aromatic carbocycles. The lowest BCUT2D eigenvalue weighted by molar-refractivity contribution is -0.771. The predicted octanol–water partition coefficient (Wildman–Crippen LogP) is -0.555. The van der Waals surface area contributed by atoms with Gasteiger partial charge < -0.3 is 11.5 Å². The highest BCUT2D eigenvalue weighted by Crippen LogP contribution is 2.12. The summed E-state index contributed by atoms with van der Waals surface area (Å²) in [5.41, 5.74) is 12.6. The van der Waals surface area contributed by atoms with E-state index in [1.165, 1.54) is 24.3 Å². The zero-order valence-corrected chi connectivity index (χ0v) is 8.49. The molecule has 9 nitrogen and oxygen atoms in total. The molecule has 0 saturated heterocycles. The molecule has 0 fully saturated rings. The number of nitrogens with one attached hydrogen (secondary N) is 1. The lowest BCUT2D eigenvalue weighted by Crippen LogP contribution is -2.26. The summed E-state index contributed by atoms with van der Waals surface area (Å²) in [4.78, 5) is 28.5. The third-order valence-electron chi connectivity index (χ3n) is 1.60. The Morgan fingerprint density at radius 3 is 2.41 bits per heavy atom. The largest absolute Gasteiger partial charge is 0.370 e. The van der Waals surface area contributed by atoms with E-state index in [2.05, 4.69) is 9.93 Å². The van der Waals surface area contributed by atoms with Crippen LogP contribution in [-0.4, -0.2) is 17.0 Å². The fraction of sp³-hybridized carbons (Fsp3) is 0. The molecule has 0 aliphatic rings. The van der Waals surface area contributed by atoms with Gasteiger partial charge in [-0.3, -0.25) is 4.79 Å². The summed E-state index contributed by atoms with van der Waals surface area (Å²) < 4.78 is 0. The van der Waals surface area contributed by atoms with E-state index < -0.39 is 11.0 Å². The lowest BCUT2D eigenvalue weighted by atomic mass is 10.2. The van der Waals surface area contributed by atoms with Gasteiger partial charge in [0.25, 0.3) is 5.91 Å². The quantitative estimate of drug-likeness (QED) is 0.278. The molecule has 90 valence electrons. The van der Waals surface area contributed by atoms with Crippen molar-refractivity contribution in [2.24, 2.45) is 16.5 Å². The Labute approximate surface area is 95.1 Å². The van der Waals surface area contributed by atoms with Crippen LogP contribution in [0.4, 0.5) is 5.69 Å². The smallest absolute Gasteiger partial charge is 0.316 e. The summed E-state index contributed by atoms with van der Waals surface area (Å²) in [5, 5.41) is 8.70. The highest BCUT2D eigenvalue weighted by atomic mass is 17.0. The van der Waals surface area contributed by atoms with Gasteiger partial charge in [-0.2, -0.15) is 10.4 Å². The summed E-state index contributed by atoms with van der Waals surface area (Å²) in [6.07, 6.45) is 0. The number of hydrogen-bond acceptors (Lipinski definition) is 5. The maximum atomic E-state index is 11.3. The fourth-order valence-electron chi connectivity index (χ4n) is 0.974. The molecule has 0 radical (unpaired) electrons. The van der Waals surface area contributed by atoms with Crippen LogP contribution in [-0.2, 0) is 4.94 Å². The molecule has 0 heterocycles. The Morgan fingerprint density at radius 2 is 1.94 bits per heavy atom. The van der Waals surface area contributed by atoms with Crippen molar-refractivity contribution in [2.75, 3.05) is 0 Å². The molecule has 1 aromatic rings. The normalized spacial score (nSPS) is 9.18. The molecule has 0 aliphatic heterocycles. The number of benzene rings is 1. The standard InChI is InChI=1S/C8H9N5O4/c9-8(10)11-6-3-1-5(2-4-6)7(14)12-17-13(15)16/h1-4H,(H,12,14)(H4,9,10,11). The predicted molar refractivity (Wildman–Crippen MR) is 57.5 cm³/mol. The minimum absolute atomic E-state index is 0.112. The Balaban J connectivity index is 2.70. The van der Waals surface area contributed by atoms with E-state index in [0.717, 1.165) is 0 Å². The molecule has 0 aromatic heterocycles. The van der Waals surface area contributed by atoms with Crippen LogP contribution >= 0.6 is 0 Å². The molecule has 0 saturated carbocycles. The minimum Gasteiger partial charge on any atom is -0.370 e. The molecular weight excluding hydrogens is 230 g/mol. The van der Waals surface area contributed by atoms with Gasteiger partial charge in [-0.1, -0.05) is 0 Å². The molecule has 0 aliphatic carbocycles. The van der Waals surface area contributed by atoms with E-state index in [1.807, 2.05) is 0 Å². The van der Waals surface area contributed by atoms with Gasteiger partial charge in [-0.15, -0.1) is 10.1 Å². The zero-order chi connectivity index (χ0) is 12.8. The summed E-state index contributed by atoms with van der Waals surface area (Å²) >= 11 is 0. The van der Waals surface area contributed by atoms with Gasteiger partial charge in [-0.05, 0) is 24.3 Å². The lowest BCUT2D eigenvalue weighted by Gasteiger charge is -2.02. The molecule has 0 unspecified atom stereocenters. The van der Waals surface area contributed by atoms with Crippen LogP contribution in [0.3, 0.4) is 0 Å². The van der Waals surface area contributed by atoms with Crippen LogP contribution in [0.1, 0.15) is 10.4 Å². The van der Waals surface area contributed by atoms with E-state index in [9.17, 15) is 14.9 Å². The van der Waals surface area contributed by atoms with Gasteiger partial charge in [0, 0.05) is 5.56 Å². The number of hydroxylamine groups is 1. The number of carbonyl (C=O) groups excluding carboxylic acids is 1. The van der Waals surface area contributed by atoms with Gasteiger partial charge in [0.2, 0.25) is 0 Å². The second kappa shape index (κ2) is 5.30. The summed E-state index contributed by atoms with van der Waals surface area (Å²) in [7, 11) is 0. The van der Waals surface area contributed by atoms with E-state index in [-0.39, 0.29) is 11.5 Å². The monoisotopic (exact) mass is 239 g/mol. The number of amides is 1. The van der Waals surface area contributed by atoms with Gasteiger partial charge in [0.1, 0.15) is 0 Å². The fourth-order valence-corrected chi connectivity index (χ4v) is 0.974. The number of nitrogens with two attached hydrogens (primary N) is 2. The molecule has 0 atom stereocenters. The van der Waals surface area contributed by atoms with Crippen molar-refractivity contribution in [1.82, 2.24) is 5.48 Å². The first-order valence-corrected chi connectivity index (χ1v) is 4.30. The SMILES string of the molecule is NC(N)=Nc1ccc(C(=O)NO[N+](=O)[O-])cc1. The number of rotatable bonds is 4. The van der Waals surface area contributed by atoms with Gasteiger partial charge in [0.15, 0.2) is 5.96 Å². The molecule has 17 heavy (non-hydrogen) atoms. The topological polar surface area (TPSA) is 146 Å². The summed E-state index contributed by atoms with van der Waals surface area (Å²) in [6, 6.07) is 5.72. The van der Waals surface area contributed by atoms with Crippen molar-refractivity contribution in [3.63, 3.8) is 0 Å². The number of nitrogens with zero attached hydrogens (tertiary/aromatic N) is 2. The third-order valence-corrected chi connectivity index (χ3v) is 1.60. The number of hydrogen-bond donors (Lipinski definition) is 3. The Hall–Kier alpha value is -2.84. The maximum absolute atomic E-state index is 11.3. The first-order valence-electron chi connectivity index (χ1n) is 4.30. The van der Waals surface area contributed by atoms with Crippen LogP contribution in [0.2, 0.25) is 0 Å². The van der Waals surface area contributed by atoms with Crippen molar-refractivity contribution in [2.45, 2.75) is 0 Å². The molecule has 9 heteroatoms. The van der Waals surface area contributed by atoms with Crippen molar-refractivity contribution in [3.8, 4) is 0 Å².